The summed E-state index contributed by atoms with van der Waals surface area (Å²) >= 11 is 1.46. The molecule has 1 saturated heterocycles. The quantitative estimate of drug-likeness (QED) is 0.369. The van der Waals surface area contributed by atoms with Crippen LogP contribution in [-0.4, -0.2) is 33.8 Å². The predicted octanol–water partition coefficient (Wildman–Crippen LogP) is 5.08. The molecule has 0 unspecified atom stereocenters. The minimum absolute atomic E-state index is 0.212. The van der Waals surface area contributed by atoms with Gasteiger partial charge in [0.05, 0.1) is 11.0 Å². The van der Waals surface area contributed by atoms with Crippen molar-refractivity contribution < 1.29 is 9.21 Å². The molecule has 0 bridgehead atoms. The molecule has 0 aliphatic carbocycles. The van der Waals surface area contributed by atoms with Gasteiger partial charge >= 0.3 is 0 Å². The summed E-state index contributed by atoms with van der Waals surface area (Å²) in [6.45, 7) is 3.81. The van der Waals surface area contributed by atoms with Crippen molar-refractivity contribution in [2.45, 2.75) is 52.0 Å². The fourth-order valence-corrected chi connectivity index (χ4v) is 5.42. The number of carbonyl (C=O) groups excluding carboxylic acids is 1. The Morgan fingerprint density at radius 1 is 1.14 bits per heavy atom. The van der Waals surface area contributed by atoms with Crippen LogP contribution >= 0.6 is 11.3 Å². The number of nitrogens with zero attached hydrogens (tertiary/aromatic N) is 4. The minimum atomic E-state index is -0.375. The van der Waals surface area contributed by atoms with Crippen molar-refractivity contribution in [1.29, 1.82) is 0 Å². The summed E-state index contributed by atoms with van der Waals surface area (Å²) in [5, 5.41) is 8.22. The number of aryl methyl sites for hydroxylation is 1. The Labute approximate surface area is 207 Å². The zero-order valence-electron chi connectivity index (χ0n) is 19.8. The number of benzene rings is 1. The van der Waals surface area contributed by atoms with Gasteiger partial charge in [-0.3, -0.25) is 9.59 Å². The largest absolute Gasteiger partial charge is 0.463 e. The third kappa shape index (κ3) is 5.14. The van der Waals surface area contributed by atoms with Crippen molar-refractivity contribution in [2.24, 2.45) is 0 Å². The van der Waals surface area contributed by atoms with E-state index in [1.165, 1.54) is 28.0 Å². The highest BCUT2D eigenvalue weighted by Gasteiger charge is 2.23. The molecular formula is C26H29N5O3S. The van der Waals surface area contributed by atoms with Crippen LogP contribution in [0, 0.1) is 0 Å². The van der Waals surface area contributed by atoms with E-state index in [0.717, 1.165) is 50.3 Å². The van der Waals surface area contributed by atoms with Crippen LogP contribution in [0.15, 0.2) is 51.9 Å². The maximum atomic E-state index is 13.3. The maximum Gasteiger partial charge on any atom is 0.294 e. The van der Waals surface area contributed by atoms with E-state index in [1.807, 2.05) is 24.3 Å². The van der Waals surface area contributed by atoms with E-state index in [-0.39, 0.29) is 18.0 Å². The molecule has 4 heterocycles. The van der Waals surface area contributed by atoms with Crippen LogP contribution in [0.5, 0.6) is 0 Å². The first-order chi connectivity index (χ1) is 17.1. The van der Waals surface area contributed by atoms with E-state index in [2.05, 4.69) is 22.2 Å². The Balaban J connectivity index is 1.42. The van der Waals surface area contributed by atoms with Crippen molar-refractivity contribution in [3.8, 4) is 11.5 Å². The molecule has 0 spiro atoms. The first-order valence-corrected chi connectivity index (χ1v) is 13.0. The Kier molecular flexibility index (Phi) is 6.94. The molecule has 1 N–H and O–H groups in total. The first kappa shape index (κ1) is 23.3. The van der Waals surface area contributed by atoms with Gasteiger partial charge in [-0.05, 0) is 61.9 Å². The lowest BCUT2D eigenvalue weighted by molar-refractivity contribution is -0.117. The zero-order valence-corrected chi connectivity index (χ0v) is 20.6. The second kappa shape index (κ2) is 10.4. The predicted molar refractivity (Wildman–Crippen MR) is 139 cm³/mol. The number of piperidine rings is 1. The standard InChI is InChI=1S/C26H29N5O3S/c1-2-3-8-18-10-12-19(13-11-18)27-21(32)17-31-25(33)23-24(22(29-31)20-9-7-16-34-20)35-26(28-23)30-14-5-4-6-15-30/h7,9-13,16H,2-6,8,14-15,17H2,1H3,(H,27,32). The van der Waals surface area contributed by atoms with Crippen molar-refractivity contribution in [3.63, 3.8) is 0 Å². The third-order valence-electron chi connectivity index (χ3n) is 6.22. The monoisotopic (exact) mass is 491 g/mol. The highest BCUT2D eigenvalue weighted by molar-refractivity contribution is 7.22. The van der Waals surface area contributed by atoms with Gasteiger partial charge in [0.2, 0.25) is 5.91 Å². The Bertz CT molecular complexity index is 1350. The fourth-order valence-electron chi connectivity index (χ4n) is 4.32. The van der Waals surface area contributed by atoms with Crippen LogP contribution in [0.3, 0.4) is 0 Å². The van der Waals surface area contributed by atoms with Gasteiger partial charge in [0.25, 0.3) is 5.56 Å². The van der Waals surface area contributed by atoms with Gasteiger partial charge in [0.1, 0.15) is 12.2 Å². The SMILES string of the molecule is CCCCc1ccc(NC(=O)Cn2nc(-c3ccco3)c3sc(N4CCCCC4)nc3c2=O)cc1. The molecule has 0 atom stereocenters. The van der Waals surface area contributed by atoms with Gasteiger partial charge in [0, 0.05) is 18.8 Å². The second-order valence-electron chi connectivity index (χ2n) is 8.86. The molecule has 5 rings (SSSR count). The van der Waals surface area contributed by atoms with E-state index >= 15 is 0 Å². The Hall–Kier alpha value is -3.46. The van der Waals surface area contributed by atoms with Crippen molar-refractivity contribution in [3.05, 3.63) is 58.6 Å². The van der Waals surface area contributed by atoms with Gasteiger partial charge in [-0.2, -0.15) is 5.10 Å². The number of thiazole rings is 1. The molecule has 1 fully saturated rings. The van der Waals surface area contributed by atoms with Crippen LogP contribution < -0.4 is 15.8 Å². The van der Waals surface area contributed by atoms with Crippen LogP contribution in [0.1, 0.15) is 44.6 Å². The second-order valence-corrected chi connectivity index (χ2v) is 9.84. The number of fused-ring (bicyclic) bond motifs is 1. The number of unbranched alkanes of at least 4 members (excludes halogenated alkanes) is 1. The molecule has 1 amide bonds. The van der Waals surface area contributed by atoms with Gasteiger partial charge in [-0.1, -0.05) is 36.8 Å². The van der Waals surface area contributed by atoms with E-state index in [0.29, 0.717) is 27.4 Å². The number of aromatic nitrogens is 3. The normalized spacial score (nSPS) is 13.9. The van der Waals surface area contributed by atoms with Gasteiger partial charge < -0.3 is 14.6 Å². The van der Waals surface area contributed by atoms with Crippen molar-refractivity contribution >= 4 is 38.3 Å². The van der Waals surface area contributed by atoms with Crippen molar-refractivity contribution in [1.82, 2.24) is 14.8 Å². The van der Waals surface area contributed by atoms with Crippen molar-refractivity contribution in [2.75, 3.05) is 23.3 Å². The number of hydrogen-bond acceptors (Lipinski definition) is 7. The molecule has 3 aromatic heterocycles. The lowest BCUT2D eigenvalue weighted by Crippen LogP contribution is -2.30. The molecule has 1 aliphatic rings. The summed E-state index contributed by atoms with van der Waals surface area (Å²) in [7, 11) is 0. The zero-order chi connectivity index (χ0) is 24.2. The molecule has 1 aliphatic heterocycles. The molecular weight excluding hydrogens is 462 g/mol. The summed E-state index contributed by atoms with van der Waals surface area (Å²) in [4.78, 5) is 33.0. The average Bonchev–Trinajstić information content (AvgIpc) is 3.57. The fraction of sp³-hybridized carbons (Fsp3) is 0.385. The molecule has 0 radical (unpaired) electrons. The molecule has 8 nitrogen and oxygen atoms in total. The Morgan fingerprint density at radius 3 is 2.66 bits per heavy atom. The summed E-state index contributed by atoms with van der Waals surface area (Å²) in [6, 6.07) is 11.4. The van der Waals surface area contributed by atoms with E-state index in [9.17, 15) is 9.59 Å². The molecule has 1 aromatic carbocycles. The number of anilines is 2. The third-order valence-corrected chi connectivity index (χ3v) is 7.34. The summed E-state index contributed by atoms with van der Waals surface area (Å²) in [5.41, 5.74) is 2.41. The van der Waals surface area contributed by atoms with Crippen LogP contribution in [0.4, 0.5) is 10.8 Å². The minimum Gasteiger partial charge on any atom is -0.463 e. The highest BCUT2D eigenvalue weighted by Crippen LogP contribution is 2.34. The number of nitrogens with one attached hydrogen (secondary N) is 1. The van der Waals surface area contributed by atoms with E-state index in [1.54, 1.807) is 18.4 Å². The number of carbonyl (C=O) groups is 1. The number of furan rings is 1. The molecule has 35 heavy (non-hydrogen) atoms. The van der Waals surface area contributed by atoms with E-state index < -0.39 is 0 Å². The highest BCUT2D eigenvalue weighted by atomic mass is 32.1. The Morgan fingerprint density at radius 2 is 1.94 bits per heavy atom. The van der Waals surface area contributed by atoms with Crippen LogP contribution in [0.25, 0.3) is 21.7 Å². The maximum absolute atomic E-state index is 13.3. The van der Waals surface area contributed by atoms with Crippen LogP contribution in [0.2, 0.25) is 0 Å². The smallest absolute Gasteiger partial charge is 0.294 e. The first-order valence-electron chi connectivity index (χ1n) is 12.2. The number of hydrogen-bond donors (Lipinski definition) is 1. The topological polar surface area (TPSA) is 93.3 Å². The summed E-state index contributed by atoms with van der Waals surface area (Å²) in [5.74, 6) is 0.220. The van der Waals surface area contributed by atoms with Gasteiger partial charge in [-0.25, -0.2) is 9.67 Å². The van der Waals surface area contributed by atoms with E-state index in [4.69, 9.17) is 9.40 Å². The average molecular weight is 492 g/mol. The molecule has 182 valence electrons. The summed E-state index contributed by atoms with van der Waals surface area (Å²) < 4.78 is 7.47. The van der Waals surface area contributed by atoms with Crippen LogP contribution in [-0.2, 0) is 17.8 Å². The summed E-state index contributed by atoms with van der Waals surface area (Å²) in [6.07, 6.45) is 8.31. The molecule has 4 aromatic rings. The lowest BCUT2D eigenvalue weighted by atomic mass is 10.1. The van der Waals surface area contributed by atoms with Gasteiger partial charge in [-0.15, -0.1) is 0 Å². The molecule has 9 heteroatoms. The van der Waals surface area contributed by atoms with Gasteiger partial charge in [0.15, 0.2) is 16.4 Å². The number of rotatable bonds is 8. The number of amides is 1. The lowest BCUT2D eigenvalue weighted by Gasteiger charge is -2.25. The molecule has 0 saturated carbocycles.